The molecule has 1 heterocycles. The van der Waals surface area contributed by atoms with E-state index in [4.69, 9.17) is 4.74 Å². The summed E-state index contributed by atoms with van der Waals surface area (Å²) in [7, 11) is 3.68. The predicted octanol–water partition coefficient (Wildman–Crippen LogP) is 2.40. The molecule has 5 heteroatoms. The molecule has 0 unspecified atom stereocenters. The zero-order valence-corrected chi connectivity index (χ0v) is 13.0. The Morgan fingerprint density at radius 3 is 2.71 bits per heavy atom. The van der Waals surface area contributed by atoms with Crippen molar-refractivity contribution in [1.29, 1.82) is 0 Å². The summed E-state index contributed by atoms with van der Waals surface area (Å²) in [4.78, 5) is 14.3. The van der Waals surface area contributed by atoms with E-state index in [0.29, 0.717) is 24.5 Å². The minimum Gasteiger partial charge on any atom is -0.493 e. The van der Waals surface area contributed by atoms with Crippen molar-refractivity contribution in [3.63, 3.8) is 0 Å². The van der Waals surface area contributed by atoms with E-state index in [1.807, 2.05) is 43.8 Å². The number of ether oxygens (including phenoxy) is 1. The van der Waals surface area contributed by atoms with Crippen LogP contribution in [0.15, 0.2) is 30.5 Å². The van der Waals surface area contributed by atoms with Gasteiger partial charge in [-0.3, -0.25) is 9.48 Å². The molecular weight excluding hydrogens is 266 g/mol. The van der Waals surface area contributed by atoms with Gasteiger partial charge in [0.1, 0.15) is 5.75 Å². The third-order valence-corrected chi connectivity index (χ3v) is 3.51. The molecule has 0 aliphatic heterocycles. The summed E-state index contributed by atoms with van der Waals surface area (Å²) in [6, 6.07) is 7.33. The second kappa shape index (κ2) is 6.43. The first-order chi connectivity index (χ1) is 10.0. The van der Waals surface area contributed by atoms with E-state index in [0.717, 1.165) is 11.3 Å². The number of hydrogen-bond acceptors (Lipinski definition) is 3. The summed E-state index contributed by atoms with van der Waals surface area (Å²) in [5, 5.41) is 4.20. The lowest BCUT2D eigenvalue weighted by atomic mass is 10.1. The van der Waals surface area contributed by atoms with Gasteiger partial charge in [-0.2, -0.15) is 5.10 Å². The van der Waals surface area contributed by atoms with Gasteiger partial charge in [0.25, 0.3) is 5.91 Å². The maximum atomic E-state index is 12.6. The molecule has 0 bridgehead atoms. The quantitative estimate of drug-likeness (QED) is 0.848. The monoisotopic (exact) mass is 287 g/mol. The number of hydrogen-bond donors (Lipinski definition) is 0. The lowest BCUT2D eigenvalue weighted by Gasteiger charge is -2.18. The van der Waals surface area contributed by atoms with Gasteiger partial charge in [0.2, 0.25) is 0 Å². The molecule has 5 nitrogen and oxygen atoms in total. The smallest absolute Gasteiger partial charge is 0.257 e. The third kappa shape index (κ3) is 3.24. The summed E-state index contributed by atoms with van der Waals surface area (Å²) in [5.74, 6) is 0.571. The Balaban J connectivity index is 2.18. The molecule has 0 N–H and O–H groups in total. The van der Waals surface area contributed by atoms with E-state index < -0.39 is 0 Å². The zero-order chi connectivity index (χ0) is 15.4. The zero-order valence-electron chi connectivity index (χ0n) is 13.0. The Hall–Kier alpha value is -2.30. The average Bonchev–Trinajstić information content (AvgIpc) is 2.79. The largest absolute Gasteiger partial charge is 0.493 e. The fourth-order valence-corrected chi connectivity index (χ4v) is 2.16. The van der Waals surface area contributed by atoms with Crippen LogP contribution in [0.4, 0.5) is 0 Å². The number of carbonyl (C=O) groups excluding carboxylic acids is 1. The summed E-state index contributed by atoms with van der Waals surface area (Å²) < 4.78 is 7.33. The lowest BCUT2D eigenvalue weighted by Crippen LogP contribution is -2.27. The maximum absolute atomic E-state index is 12.6. The Bertz CT molecular complexity index is 634. The Morgan fingerprint density at radius 1 is 1.38 bits per heavy atom. The number of rotatable bonds is 5. The van der Waals surface area contributed by atoms with Crippen molar-refractivity contribution in [3.05, 3.63) is 47.3 Å². The fraction of sp³-hybridized carbons (Fsp3) is 0.375. The molecule has 0 aliphatic carbocycles. The SMILES string of the molecule is CCOc1ccccc1C(=O)N(C)Cc1cnn(C)c1C. The van der Waals surface area contributed by atoms with E-state index in [2.05, 4.69) is 5.10 Å². The van der Waals surface area contributed by atoms with Crippen molar-refractivity contribution < 1.29 is 9.53 Å². The van der Waals surface area contributed by atoms with Gasteiger partial charge in [0, 0.05) is 31.9 Å². The minimum atomic E-state index is -0.0534. The van der Waals surface area contributed by atoms with Crippen LogP contribution < -0.4 is 4.74 Å². The molecule has 0 fully saturated rings. The molecule has 0 aliphatic rings. The first-order valence-corrected chi connectivity index (χ1v) is 6.99. The van der Waals surface area contributed by atoms with Crippen LogP contribution in [-0.2, 0) is 13.6 Å². The van der Waals surface area contributed by atoms with E-state index in [-0.39, 0.29) is 5.91 Å². The molecule has 21 heavy (non-hydrogen) atoms. The van der Waals surface area contributed by atoms with Crippen LogP contribution >= 0.6 is 0 Å². The maximum Gasteiger partial charge on any atom is 0.257 e. The van der Waals surface area contributed by atoms with Crippen molar-refractivity contribution in [2.75, 3.05) is 13.7 Å². The van der Waals surface area contributed by atoms with E-state index >= 15 is 0 Å². The summed E-state index contributed by atoms with van der Waals surface area (Å²) in [6.07, 6.45) is 1.80. The van der Waals surface area contributed by atoms with Gasteiger partial charge >= 0.3 is 0 Å². The minimum absolute atomic E-state index is 0.0534. The highest BCUT2D eigenvalue weighted by atomic mass is 16.5. The van der Waals surface area contributed by atoms with Gasteiger partial charge in [-0.05, 0) is 26.0 Å². The fourth-order valence-electron chi connectivity index (χ4n) is 2.16. The Labute approximate surface area is 125 Å². The number of para-hydroxylation sites is 1. The van der Waals surface area contributed by atoms with Crippen LogP contribution in [0.25, 0.3) is 0 Å². The summed E-state index contributed by atoms with van der Waals surface area (Å²) in [5.41, 5.74) is 2.69. The number of carbonyl (C=O) groups is 1. The molecule has 1 amide bonds. The van der Waals surface area contributed by atoms with Crippen molar-refractivity contribution in [3.8, 4) is 5.75 Å². The Kier molecular flexibility index (Phi) is 4.62. The van der Waals surface area contributed by atoms with Crippen molar-refractivity contribution in [2.24, 2.45) is 7.05 Å². The highest BCUT2D eigenvalue weighted by Gasteiger charge is 2.17. The predicted molar refractivity (Wildman–Crippen MR) is 81.4 cm³/mol. The molecule has 0 atom stereocenters. The van der Waals surface area contributed by atoms with E-state index in [1.54, 1.807) is 24.2 Å². The summed E-state index contributed by atoms with van der Waals surface area (Å²) >= 11 is 0. The van der Waals surface area contributed by atoms with E-state index in [1.165, 1.54) is 0 Å². The van der Waals surface area contributed by atoms with Crippen molar-refractivity contribution in [2.45, 2.75) is 20.4 Å². The highest BCUT2D eigenvalue weighted by Crippen LogP contribution is 2.20. The number of nitrogens with zero attached hydrogens (tertiary/aromatic N) is 3. The van der Waals surface area contributed by atoms with Crippen LogP contribution in [0.3, 0.4) is 0 Å². The Morgan fingerprint density at radius 2 is 2.10 bits per heavy atom. The van der Waals surface area contributed by atoms with Crippen LogP contribution in [0.5, 0.6) is 5.75 Å². The molecular formula is C16H21N3O2. The van der Waals surface area contributed by atoms with Gasteiger partial charge in [0.05, 0.1) is 18.4 Å². The highest BCUT2D eigenvalue weighted by molar-refractivity contribution is 5.96. The third-order valence-electron chi connectivity index (χ3n) is 3.51. The van der Waals surface area contributed by atoms with E-state index in [9.17, 15) is 4.79 Å². The molecule has 2 aromatic rings. The first kappa shape index (κ1) is 15.1. The lowest BCUT2D eigenvalue weighted by molar-refractivity contribution is 0.0780. The van der Waals surface area contributed by atoms with Crippen molar-refractivity contribution in [1.82, 2.24) is 14.7 Å². The van der Waals surface area contributed by atoms with Gasteiger partial charge in [0.15, 0.2) is 0 Å². The van der Waals surface area contributed by atoms with Crippen LogP contribution in [-0.4, -0.2) is 34.2 Å². The van der Waals surface area contributed by atoms with Crippen LogP contribution in [0.1, 0.15) is 28.5 Å². The number of amides is 1. The molecule has 0 spiro atoms. The van der Waals surface area contributed by atoms with Gasteiger partial charge in [-0.1, -0.05) is 12.1 Å². The molecule has 2 rings (SSSR count). The molecule has 1 aromatic heterocycles. The number of aromatic nitrogens is 2. The summed E-state index contributed by atoms with van der Waals surface area (Å²) in [6.45, 7) is 4.97. The van der Waals surface area contributed by atoms with Crippen molar-refractivity contribution >= 4 is 5.91 Å². The average molecular weight is 287 g/mol. The topological polar surface area (TPSA) is 47.4 Å². The standard InChI is InChI=1S/C16H21N3O2/c1-5-21-15-9-7-6-8-14(15)16(20)18(3)11-13-10-17-19(4)12(13)2/h6-10H,5,11H2,1-4H3. The second-order valence-corrected chi connectivity index (χ2v) is 4.97. The molecule has 0 radical (unpaired) electrons. The molecule has 0 saturated heterocycles. The normalized spacial score (nSPS) is 10.5. The molecule has 112 valence electrons. The van der Waals surface area contributed by atoms with Gasteiger partial charge in [-0.15, -0.1) is 0 Å². The van der Waals surface area contributed by atoms with Gasteiger partial charge < -0.3 is 9.64 Å². The molecule has 1 aromatic carbocycles. The van der Waals surface area contributed by atoms with Crippen LogP contribution in [0, 0.1) is 6.92 Å². The second-order valence-electron chi connectivity index (χ2n) is 4.97. The molecule has 0 saturated carbocycles. The number of aryl methyl sites for hydroxylation is 1. The van der Waals surface area contributed by atoms with Gasteiger partial charge in [-0.25, -0.2) is 0 Å². The first-order valence-electron chi connectivity index (χ1n) is 6.99. The van der Waals surface area contributed by atoms with Crippen LogP contribution in [0.2, 0.25) is 0 Å². The number of benzene rings is 1.